The number of carboxylic acid groups (broad SMARTS) is 1. The highest BCUT2D eigenvalue weighted by atomic mass is 16.4. The van der Waals surface area contributed by atoms with Gasteiger partial charge in [-0.15, -0.1) is 0 Å². The highest BCUT2D eigenvalue weighted by Crippen LogP contribution is 2.32. The van der Waals surface area contributed by atoms with Crippen molar-refractivity contribution in [3.05, 3.63) is 41.0 Å². The van der Waals surface area contributed by atoms with Crippen molar-refractivity contribution in [2.24, 2.45) is 0 Å². The molecular weight excluding hydrogens is 192 g/mol. The van der Waals surface area contributed by atoms with Gasteiger partial charge in [-0.05, 0) is 23.6 Å². The van der Waals surface area contributed by atoms with E-state index in [1.54, 1.807) is 0 Å². The van der Waals surface area contributed by atoms with E-state index in [0.29, 0.717) is 0 Å². The number of hydrogen-bond donors (Lipinski definition) is 2. The predicted molar refractivity (Wildman–Crippen MR) is 58.4 cm³/mol. The van der Waals surface area contributed by atoms with Gasteiger partial charge in [-0.3, -0.25) is 4.79 Å². The molecule has 0 radical (unpaired) electrons. The average molecular weight is 206 g/mol. The topological polar surface area (TPSA) is 57.5 Å². The second-order valence-electron chi connectivity index (χ2n) is 3.44. The second-order valence-corrected chi connectivity index (χ2v) is 3.44. The zero-order valence-electron chi connectivity index (χ0n) is 8.77. The summed E-state index contributed by atoms with van der Waals surface area (Å²) in [6.07, 6.45) is 1.66. The highest BCUT2D eigenvalue weighted by Gasteiger charge is 2.18. The van der Waals surface area contributed by atoms with E-state index in [0.717, 1.165) is 23.6 Å². The molecule has 0 spiro atoms. The number of aliphatic carboxylic acids is 1. The van der Waals surface area contributed by atoms with Gasteiger partial charge in [-0.25, -0.2) is 0 Å². The smallest absolute Gasteiger partial charge is 0.300 e. The average Bonchev–Trinajstić information content (AvgIpc) is 2.43. The summed E-state index contributed by atoms with van der Waals surface area (Å²) in [5.41, 5.74) is 3.22. The number of rotatable bonds is 0. The maximum atomic E-state index is 9.58. The van der Waals surface area contributed by atoms with Gasteiger partial charge in [0.15, 0.2) is 0 Å². The van der Waals surface area contributed by atoms with Gasteiger partial charge in [0.1, 0.15) is 6.10 Å². The Kier molecular flexibility index (Phi) is 3.63. The van der Waals surface area contributed by atoms with Crippen LogP contribution in [0, 0.1) is 0 Å². The quantitative estimate of drug-likeness (QED) is 0.684. The summed E-state index contributed by atoms with van der Waals surface area (Å²) in [5.74, 6) is -0.833. The van der Waals surface area contributed by atoms with E-state index in [4.69, 9.17) is 9.90 Å². The number of benzene rings is 1. The second kappa shape index (κ2) is 4.75. The molecule has 15 heavy (non-hydrogen) atoms. The van der Waals surface area contributed by atoms with Gasteiger partial charge in [0.2, 0.25) is 0 Å². The molecule has 0 aliphatic heterocycles. The van der Waals surface area contributed by atoms with Crippen molar-refractivity contribution < 1.29 is 15.0 Å². The lowest BCUT2D eigenvalue weighted by Gasteiger charge is -2.04. The van der Waals surface area contributed by atoms with Crippen LogP contribution in [0.4, 0.5) is 0 Å². The summed E-state index contributed by atoms with van der Waals surface area (Å²) in [7, 11) is 0. The van der Waals surface area contributed by atoms with E-state index in [1.165, 1.54) is 0 Å². The number of aliphatic hydroxyl groups is 1. The minimum Gasteiger partial charge on any atom is -0.481 e. The Morgan fingerprint density at radius 1 is 1.33 bits per heavy atom. The summed E-state index contributed by atoms with van der Waals surface area (Å²) in [5, 5.41) is 17.0. The largest absolute Gasteiger partial charge is 0.481 e. The Balaban J connectivity index is 0.000000245. The molecule has 0 fully saturated rings. The lowest BCUT2D eigenvalue weighted by molar-refractivity contribution is -0.134. The molecule has 0 bridgehead atoms. The van der Waals surface area contributed by atoms with E-state index in [9.17, 15) is 5.11 Å². The Morgan fingerprint density at radius 3 is 2.40 bits per heavy atom. The zero-order valence-corrected chi connectivity index (χ0v) is 8.77. The van der Waals surface area contributed by atoms with Crippen LogP contribution >= 0.6 is 0 Å². The van der Waals surface area contributed by atoms with Gasteiger partial charge in [0.05, 0.1) is 0 Å². The van der Waals surface area contributed by atoms with Gasteiger partial charge >= 0.3 is 0 Å². The molecule has 0 aromatic heterocycles. The zero-order chi connectivity index (χ0) is 11.4. The molecule has 1 aliphatic carbocycles. The first-order chi connectivity index (χ1) is 7.02. The van der Waals surface area contributed by atoms with E-state index in [2.05, 4.69) is 0 Å². The molecule has 0 saturated heterocycles. The Labute approximate surface area is 88.7 Å². The van der Waals surface area contributed by atoms with Crippen LogP contribution in [0.25, 0.3) is 6.08 Å². The van der Waals surface area contributed by atoms with Gasteiger partial charge in [0.25, 0.3) is 5.97 Å². The van der Waals surface area contributed by atoms with E-state index < -0.39 is 5.97 Å². The van der Waals surface area contributed by atoms with Crippen molar-refractivity contribution in [3.8, 4) is 0 Å². The monoisotopic (exact) mass is 206 g/mol. The van der Waals surface area contributed by atoms with Crippen molar-refractivity contribution in [1.82, 2.24) is 0 Å². The van der Waals surface area contributed by atoms with Crippen LogP contribution in [0.3, 0.4) is 0 Å². The Morgan fingerprint density at radius 2 is 1.87 bits per heavy atom. The van der Waals surface area contributed by atoms with Crippen LogP contribution < -0.4 is 0 Å². The lowest BCUT2D eigenvalue weighted by atomic mass is 10.1. The minimum atomic E-state index is -0.833. The summed E-state index contributed by atoms with van der Waals surface area (Å²) < 4.78 is 0. The van der Waals surface area contributed by atoms with Gasteiger partial charge < -0.3 is 10.2 Å². The third-order valence-electron chi connectivity index (χ3n) is 2.11. The Bertz CT molecular complexity index is 390. The minimum absolute atomic E-state index is 0.369. The van der Waals surface area contributed by atoms with Crippen molar-refractivity contribution in [1.29, 1.82) is 0 Å². The lowest BCUT2D eigenvalue weighted by Crippen LogP contribution is -1.93. The predicted octanol–water partition coefficient (Wildman–Crippen LogP) is 2.23. The van der Waals surface area contributed by atoms with Crippen LogP contribution in [0.5, 0.6) is 0 Å². The molecule has 1 unspecified atom stereocenters. The number of fused-ring (bicyclic) bond motifs is 1. The molecule has 1 aromatic carbocycles. The molecule has 0 heterocycles. The first-order valence-electron chi connectivity index (χ1n) is 4.67. The standard InChI is InChI=1S/C10H10O.C2H4O2/c1-7-6-8-4-2-3-5-9(8)10(7)11;1-2(3)4/h2-6,10-11H,1H3;1H3,(H,3,4). The van der Waals surface area contributed by atoms with Crippen LogP contribution in [-0.4, -0.2) is 16.2 Å². The summed E-state index contributed by atoms with van der Waals surface area (Å²) in [6, 6.07) is 7.93. The molecule has 3 nitrogen and oxygen atoms in total. The fourth-order valence-corrected chi connectivity index (χ4v) is 1.46. The van der Waals surface area contributed by atoms with Gasteiger partial charge in [0, 0.05) is 6.92 Å². The molecule has 1 aliphatic rings. The maximum absolute atomic E-state index is 9.58. The number of hydrogen-bond acceptors (Lipinski definition) is 2. The third-order valence-corrected chi connectivity index (χ3v) is 2.11. The van der Waals surface area contributed by atoms with Crippen molar-refractivity contribution >= 4 is 12.0 Å². The fraction of sp³-hybridized carbons (Fsp3) is 0.250. The summed E-state index contributed by atoms with van der Waals surface area (Å²) in [6.45, 7) is 3.03. The molecule has 2 N–H and O–H groups in total. The molecule has 1 atom stereocenters. The van der Waals surface area contributed by atoms with Crippen molar-refractivity contribution in [2.45, 2.75) is 20.0 Å². The number of carboxylic acids is 1. The molecule has 0 saturated carbocycles. The van der Waals surface area contributed by atoms with Crippen molar-refractivity contribution in [3.63, 3.8) is 0 Å². The van der Waals surface area contributed by atoms with Gasteiger partial charge in [-0.1, -0.05) is 30.3 Å². The molecule has 1 aromatic rings. The van der Waals surface area contributed by atoms with Crippen LogP contribution in [-0.2, 0) is 4.79 Å². The van der Waals surface area contributed by atoms with Crippen molar-refractivity contribution in [2.75, 3.05) is 0 Å². The van der Waals surface area contributed by atoms with E-state index in [-0.39, 0.29) is 6.10 Å². The number of carbonyl (C=O) groups is 1. The first kappa shape index (κ1) is 11.5. The molecule has 0 amide bonds. The fourth-order valence-electron chi connectivity index (χ4n) is 1.46. The first-order valence-corrected chi connectivity index (χ1v) is 4.67. The van der Waals surface area contributed by atoms with Crippen LogP contribution in [0.15, 0.2) is 29.8 Å². The highest BCUT2D eigenvalue weighted by molar-refractivity contribution is 5.64. The van der Waals surface area contributed by atoms with E-state index in [1.807, 2.05) is 37.3 Å². The molecular formula is C12H14O3. The number of aliphatic hydroxyl groups excluding tert-OH is 1. The van der Waals surface area contributed by atoms with E-state index >= 15 is 0 Å². The SMILES string of the molecule is CC(=O)O.CC1=Cc2ccccc2C1O. The summed E-state index contributed by atoms with van der Waals surface area (Å²) >= 11 is 0. The summed E-state index contributed by atoms with van der Waals surface area (Å²) in [4.78, 5) is 9.00. The molecule has 80 valence electrons. The normalized spacial score (nSPS) is 17.3. The third kappa shape index (κ3) is 2.92. The Hall–Kier alpha value is -1.61. The van der Waals surface area contributed by atoms with Crippen LogP contribution in [0.2, 0.25) is 0 Å². The van der Waals surface area contributed by atoms with Gasteiger partial charge in [-0.2, -0.15) is 0 Å². The molecule has 3 heteroatoms. The maximum Gasteiger partial charge on any atom is 0.300 e. The van der Waals surface area contributed by atoms with Crippen LogP contribution in [0.1, 0.15) is 31.1 Å². The molecule has 2 rings (SSSR count).